The number of hydrogen-bond donors (Lipinski definition) is 4. The molecule has 0 bridgehead atoms. The van der Waals surface area contributed by atoms with Gasteiger partial charge in [0, 0.05) is 36.8 Å². The molecule has 0 aromatic heterocycles. The quantitative estimate of drug-likeness (QED) is 0.548. The molecule has 2 aromatic carbocycles. The molecule has 1 aliphatic heterocycles. The Bertz CT molecular complexity index is 950. The van der Waals surface area contributed by atoms with Crippen LogP contribution in [-0.2, 0) is 6.54 Å². The summed E-state index contributed by atoms with van der Waals surface area (Å²) in [4.78, 5) is 38.3. The van der Waals surface area contributed by atoms with Crippen LogP contribution in [0.2, 0.25) is 0 Å². The highest BCUT2D eigenvalue weighted by molar-refractivity contribution is 6.07. The maximum absolute atomic E-state index is 12.8. The van der Waals surface area contributed by atoms with Crippen LogP contribution in [0.3, 0.4) is 0 Å². The number of carbonyl (C=O) groups is 3. The van der Waals surface area contributed by atoms with Crippen LogP contribution in [-0.4, -0.2) is 37.0 Å². The average Bonchev–Trinajstić information content (AvgIpc) is 3.26. The summed E-state index contributed by atoms with van der Waals surface area (Å²) < 4.78 is 0. The summed E-state index contributed by atoms with van der Waals surface area (Å²) in [5, 5.41) is 8.46. The second-order valence-corrected chi connectivity index (χ2v) is 7.92. The minimum absolute atomic E-state index is 0.0598. The van der Waals surface area contributed by atoms with E-state index in [1.807, 2.05) is 19.9 Å². The van der Waals surface area contributed by atoms with Crippen LogP contribution in [0, 0.1) is 0 Å². The van der Waals surface area contributed by atoms with Gasteiger partial charge in [-0.1, -0.05) is 12.1 Å². The summed E-state index contributed by atoms with van der Waals surface area (Å²) in [5.74, 6) is -0.819. The average molecular weight is 424 g/mol. The summed E-state index contributed by atoms with van der Waals surface area (Å²) in [6, 6.07) is 12.0. The van der Waals surface area contributed by atoms with E-state index in [2.05, 4.69) is 20.9 Å². The highest BCUT2D eigenvalue weighted by atomic mass is 16.2. The lowest BCUT2D eigenvalue weighted by atomic mass is 10.1. The van der Waals surface area contributed by atoms with Gasteiger partial charge in [-0.15, -0.1) is 0 Å². The van der Waals surface area contributed by atoms with Crippen molar-refractivity contribution in [3.63, 3.8) is 0 Å². The van der Waals surface area contributed by atoms with Crippen LogP contribution in [0.4, 0.5) is 16.2 Å². The monoisotopic (exact) mass is 423 g/mol. The predicted molar refractivity (Wildman–Crippen MR) is 121 cm³/mol. The number of carbonyl (C=O) groups excluding carboxylic acids is 3. The van der Waals surface area contributed by atoms with E-state index in [0.29, 0.717) is 23.4 Å². The molecule has 2 aromatic rings. The lowest BCUT2D eigenvalue weighted by molar-refractivity contribution is 0.0996. The van der Waals surface area contributed by atoms with Crippen molar-refractivity contribution in [1.82, 2.24) is 10.6 Å². The normalized spacial score (nSPS) is 13.2. The molecule has 0 atom stereocenters. The molecule has 4 amide bonds. The molecular formula is C23H29N5O3. The summed E-state index contributed by atoms with van der Waals surface area (Å²) in [5.41, 5.74) is 8.58. The van der Waals surface area contributed by atoms with E-state index in [9.17, 15) is 14.4 Å². The van der Waals surface area contributed by atoms with Crippen molar-refractivity contribution in [2.75, 3.05) is 23.3 Å². The molecule has 1 saturated heterocycles. The lowest BCUT2D eigenvalue weighted by Crippen LogP contribution is -2.39. The number of anilines is 2. The maximum atomic E-state index is 12.8. The minimum Gasteiger partial charge on any atom is -0.370 e. The van der Waals surface area contributed by atoms with Crippen LogP contribution in [0.25, 0.3) is 0 Å². The highest BCUT2D eigenvalue weighted by Gasteiger charge is 2.19. The summed E-state index contributed by atoms with van der Waals surface area (Å²) in [6.45, 7) is 5.96. The van der Waals surface area contributed by atoms with Crippen LogP contribution in [0.15, 0.2) is 42.5 Å². The lowest BCUT2D eigenvalue weighted by Gasteiger charge is -2.22. The first-order valence-electron chi connectivity index (χ1n) is 10.5. The molecule has 0 unspecified atom stereocenters. The van der Waals surface area contributed by atoms with Gasteiger partial charge in [0.15, 0.2) is 0 Å². The zero-order valence-electron chi connectivity index (χ0n) is 17.9. The van der Waals surface area contributed by atoms with Gasteiger partial charge in [-0.3, -0.25) is 9.59 Å². The van der Waals surface area contributed by atoms with Crippen molar-refractivity contribution in [1.29, 1.82) is 0 Å². The molecule has 164 valence electrons. The third-order valence-corrected chi connectivity index (χ3v) is 5.06. The molecule has 31 heavy (non-hydrogen) atoms. The fourth-order valence-corrected chi connectivity index (χ4v) is 3.49. The number of nitrogens with one attached hydrogen (secondary N) is 3. The van der Waals surface area contributed by atoms with Gasteiger partial charge in [-0.2, -0.15) is 0 Å². The smallest absolute Gasteiger partial charge is 0.315 e. The van der Waals surface area contributed by atoms with Gasteiger partial charge in [0.2, 0.25) is 5.91 Å². The van der Waals surface area contributed by atoms with Gasteiger partial charge < -0.3 is 26.6 Å². The standard InChI is InChI=1S/C23H29N5O3/c1-15(2)26-23(31)25-14-16-5-7-17(8-6-16)22(30)27-19-13-18(21(24)29)9-10-20(19)28-11-3-4-12-28/h5-10,13,15H,3-4,11-12,14H2,1-2H3,(H2,24,29)(H,27,30)(H2,25,26,31). The molecule has 1 fully saturated rings. The van der Waals surface area contributed by atoms with Gasteiger partial charge in [-0.25, -0.2) is 4.79 Å². The molecule has 1 aliphatic rings. The van der Waals surface area contributed by atoms with Crippen LogP contribution in [0.1, 0.15) is 53.0 Å². The first kappa shape index (κ1) is 22.1. The van der Waals surface area contributed by atoms with E-state index in [-0.39, 0.29) is 18.0 Å². The van der Waals surface area contributed by atoms with E-state index >= 15 is 0 Å². The highest BCUT2D eigenvalue weighted by Crippen LogP contribution is 2.30. The Morgan fingerprint density at radius 1 is 1.00 bits per heavy atom. The van der Waals surface area contributed by atoms with E-state index < -0.39 is 5.91 Å². The predicted octanol–water partition coefficient (Wildman–Crippen LogP) is 2.85. The first-order valence-corrected chi connectivity index (χ1v) is 10.5. The third-order valence-electron chi connectivity index (χ3n) is 5.06. The Hall–Kier alpha value is -3.55. The first-order chi connectivity index (χ1) is 14.8. The van der Waals surface area contributed by atoms with Gasteiger partial charge in [-0.05, 0) is 62.6 Å². The number of benzene rings is 2. The largest absolute Gasteiger partial charge is 0.370 e. The Balaban J connectivity index is 1.70. The topological polar surface area (TPSA) is 117 Å². The zero-order chi connectivity index (χ0) is 22.4. The number of nitrogens with zero attached hydrogens (tertiary/aromatic N) is 1. The summed E-state index contributed by atoms with van der Waals surface area (Å²) in [6.07, 6.45) is 2.19. The van der Waals surface area contributed by atoms with Crippen molar-refractivity contribution in [2.24, 2.45) is 5.73 Å². The molecule has 0 radical (unpaired) electrons. The molecule has 0 saturated carbocycles. The molecular weight excluding hydrogens is 394 g/mol. The van der Waals surface area contributed by atoms with Gasteiger partial charge in [0.25, 0.3) is 5.91 Å². The van der Waals surface area contributed by atoms with Crippen molar-refractivity contribution in [3.05, 3.63) is 59.2 Å². The molecule has 8 heteroatoms. The number of nitrogens with two attached hydrogens (primary N) is 1. The Kier molecular flexibility index (Phi) is 7.12. The maximum Gasteiger partial charge on any atom is 0.315 e. The Labute approximate surface area is 182 Å². The number of hydrogen-bond acceptors (Lipinski definition) is 4. The zero-order valence-corrected chi connectivity index (χ0v) is 17.9. The van der Waals surface area contributed by atoms with Crippen LogP contribution < -0.4 is 26.6 Å². The summed E-state index contributed by atoms with van der Waals surface area (Å²) in [7, 11) is 0. The van der Waals surface area contributed by atoms with Gasteiger partial charge in [0.1, 0.15) is 0 Å². The van der Waals surface area contributed by atoms with Crippen molar-refractivity contribution in [2.45, 2.75) is 39.3 Å². The van der Waals surface area contributed by atoms with E-state index in [1.165, 1.54) is 0 Å². The molecule has 1 heterocycles. The Morgan fingerprint density at radius 2 is 1.65 bits per heavy atom. The molecule has 8 nitrogen and oxygen atoms in total. The Morgan fingerprint density at radius 3 is 2.26 bits per heavy atom. The van der Waals surface area contributed by atoms with Crippen LogP contribution in [0.5, 0.6) is 0 Å². The summed E-state index contributed by atoms with van der Waals surface area (Å²) >= 11 is 0. The molecule has 0 aliphatic carbocycles. The second kappa shape index (κ2) is 9.97. The second-order valence-electron chi connectivity index (χ2n) is 7.92. The fourth-order valence-electron chi connectivity index (χ4n) is 3.49. The number of urea groups is 1. The van der Waals surface area contributed by atoms with Gasteiger partial charge >= 0.3 is 6.03 Å². The van der Waals surface area contributed by atoms with Crippen molar-refractivity contribution >= 4 is 29.2 Å². The van der Waals surface area contributed by atoms with E-state index in [0.717, 1.165) is 37.2 Å². The molecule has 5 N–H and O–H groups in total. The minimum atomic E-state index is -0.540. The molecule has 3 rings (SSSR count). The fraction of sp³-hybridized carbons (Fsp3) is 0.348. The van der Waals surface area contributed by atoms with Crippen molar-refractivity contribution in [3.8, 4) is 0 Å². The third kappa shape index (κ3) is 5.97. The van der Waals surface area contributed by atoms with E-state index in [1.54, 1.807) is 36.4 Å². The SMILES string of the molecule is CC(C)NC(=O)NCc1ccc(C(=O)Nc2cc(C(N)=O)ccc2N2CCCC2)cc1. The van der Waals surface area contributed by atoms with Crippen molar-refractivity contribution < 1.29 is 14.4 Å². The van der Waals surface area contributed by atoms with Gasteiger partial charge in [0.05, 0.1) is 11.4 Å². The number of rotatable bonds is 7. The number of amides is 4. The van der Waals surface area contributed by atoms with E-state index in [4.69, 9.17) is 5.73 Å². The molecule has 0 spiro atoms. The van der Waals surface area contributed by atoms with Crippen LogP contribution >= 0.6 is 0 Å². The number of primary amides is 1.